The molecule has 0 spiro atoms. The Bertz CT molecular complexity index is 2630. The molecule has 1 N–H and O–H groups in total. The molecule has 0 bridgehead atoms. The van der Waals surface area contributed by atoms with Crippen LogP contribution in [-0.2, 0) is 45.0 Å². The lowest BCUT2D eigenvalue weighted by atomic mass is 9.86. The molecule has 0 fully saturated rings. The summed E-state index contributed by atoms with van der Waals surface area (Å²) >= 11 is 3.75. The van der Waals surface area contributed by atoms with Crippen LogP contribution in [0.15, 0.2) is 129 Å². The monoisotopic (exact) mass is 1110 g/mol. The fourth-order valence-electron chi connectivity index (χ4n) is 6.92. The van der Waals surface area contributed by atoms with Gasteiger partial charge < -0.3 is 22.9 Å². The molecule has 0 radical (unpaired) electrons. The van der Waals surface area contributed by atoms with Crippen LogP contribution in [0.2, 0.25) is 0 Å². The van der Waals surface area contributed by atoms with Crippen molar-refractivity contribution in [3.8, 4) is 5.75 Å². The minimum atomic E-state index is 0.0451. The van der Waals surface area contributed by atoms with E-state index in [2.05, 4.69) is 246 Å². The number of imidazole rings is 1. The summed E-state index contributed by atoms with van der Waals surface area (Å²) in [7, 11) is 2.02. The largest absolute Gasteiger partial charge is 0.506 e. The summed E-state index contributed by atoms with van der Waals surface area (Å²) in [6, 6.07) is 12.4. The van der Waals surface area contributed by atoms with Crippen LogP contribution in [0.5, 0.6) is 5.75 Å². The van der Waals surface area contributed by atoms with Crippen molar-refractivity contribution >= 4 is 22.7 Å². The highest BCUT2D eigenvalue weighted by molar-refractivity contribution is 7.12. The van der Waals surface area contributed by atoms with Crippen molar-refractivity contribution in [2.45, 2.75) is 231 Å². The number of hydrogen-bond acceptors (Lipinski definition) is 10. The smallest absolute Gasteiger partial charge is 0.199 e. The molecule has 9 nitrogen and oxygen atoms in total. The van der Waals surface area contributed by atoms with E-state index in [0.717, 1.165) is 35.2 Å². The first-order valence-corrected chi connectivity index (χ1v) is 29.0. The Morgan fingerprint density at radius 1 is 0.577 bits per heavy atom. The zero-order chi connectivity index (χ0) is 60.3. The number of hydrogen-bond donors (Lipinski definition) is 1. The van der Waals surface area contributed by atoms with E-state index in [1.807, 2.05) is 61.3 Å². The van der Waals surface area contributed by atoms with Gasteiger partial charge in [0, 0.05) is 61.4 Å². The van der Waals surface area contributed by atoms with Crippen LogP contribution < -0.4 is 0 Å². The van der Waals surface area contributed by atoms with Gasteiger partial charge >= 0.3 is 0 Å². The first kappa shape index (κ1) is 70.8. The van der Waals surface area contributed by atoms with Crippen LogP contribution in [-0.4, -0.2) is 29.6 Å². The molecule has 7 aromatic rings. The maximum atomic E-state index is 9.11. The van der Waals surface area contributed by atoms with E-state index in [4.69, 9.17) is 18.4 Å². The topological polar surface area (TPSA) is 116 Å². The van der Waals surface area contributed by atoms with Crippen molar-refractivity contribution in [2.24, 2.45) is 12.5 Å². The molecular weight excluding hydrogens is 1000 g/mol. The van der Waals surface area contributed by atoms with Gasteiger partial charge in [0.2, 0.25) is 0 Å². The van der Waals surface area contributed by atoms with Crippen LogP contribution in [0.1, 0.15) is 227 Å². The normalized spacial score (nSPS) is 12.6. The number of allylic oxidation sites excluding steroid dienone is 4. The van der Waals surface area contributed by atoms with Crippen LogP contribution in [0.25, 0.3) is 0 Å². The van der Waals surface area contributed by atoms with E-state index in [1.165, 1.54) is 38.5 Å². The molecule has 0 atom stereocenters. The Morgan fingerprint density at radius 2 is 1.19 bits per heavy atom. The summed E-state index contributed by atoms with van der Waals surface area (Å²) in [5, 5.41) is 11.3. The van der Waals surface area contributed by atoms with E-state index in [0.29, 0.717) is 16.2 Å². The molecule has 0 amide bonds. The number of nitrogens with zero attached hydrogens (tertiary/aromatic N) is 5. The van der Waals surface area contributed by atoms with E-state index >= 15 is 0 Å². The van der Waals surface area contributed by atoms with Crippen molar-refractivity contribution in [2.75, 3.05) is 0 Å². The number of thiophene rings is 2. The molecule has 1 aliphatic rings. The second-order valence-electron chi connectivity index (χ2n) is 28.1. The number of pyridine rings is 1. The van der Waals surface area contributed by atoms with Crippen molar-refractivity contribution in [3.05, 3.63) is 170 Å². The predicted molar refractivity (Wildman–Crippen MR) is 336 cm³/mol. The maximum absolute atomic E-state index is 9.11. The second kappa shape index (κ2) is 29.8. The SMILES string of the molecule is CC(C)(C)C1=CC=CC1.CC(C)(C)c1cncc(O)c1.CC(C)(C)c1cnco1.CC(C)(C)c1ncco1.Cc1ccc(C(C)(C)C)o1.Cc1ccc(C(C)(C)C)s1.Cc1ccsc1C(C)(C)C.Cn1cncc1C(C)(C)C. The Labute approximate surface area is 482 Å². The highest BCUT2D eigenvalue weighted by atomic mass is 32.1. The van der Waals surface area contributed by atoms with Gasteiger partial charge in [0.05, 0.1) is 24.9 Å². The van der Waals surface area contributed by atoms with Crippen LogP contribution in [0, 0.1) is 26.2 Å². The van der Waals surface area contributed by atoms with E-state index in [-0.39, 0.29) is 32.8 Å². The van der Waals surface area contributed by atoms with Crippen molar-refractivity contribution in [3.63, 3.8) is 0 Å². The van der Waals surface area contributed by atoms with Gasteiger partial charge in [0.25, 0.3) is 0 Å². The number of rotatable bonds is 0. The Hall–Kier alpha value is -5.26. The fraction of sp³-hybridized carbons (Fsp3) is 0.552. The van der Waals surface area contributed by atoms with Gasteiger partial charge in [-0.15, -0.1) is 22.7 Å². The molecule has 0 unspecified atom stereocenters. The third kappa shape index (κ3) is 27.6. The minimum absolute atomic E-state index is 0.0451. The molecule has 0 saturated carbocycles. The van der Waals surface area contributed by atoms with Gasteiger partial charge in [-0.2, -0.15) is 0 Å². The summed E-state index contributed by atoms with van der Waals surface area (Å²) < 4.78 is 17.7. The summed E-state index contributed by atoms with van der Waals surface area (Å²) in [5.41, 5.74) is 6.90. The number of aromatic nitrogens is 5. The fourth-order valence-corrected chi connectivity index (χ4v) is 8.86. The third-order valence-electron chi connectivity index (χ3n) is 11.7. The van der Waals surface area contributed by atoms with Crippen molar-refractivity contribution in [1.29, 1.82) is 0 Å². The zero-order valence-electron chi connectivity index (χ0n) is 53.8. The standard InChI is InChI=1S/C9H13NO.C9H14O.2C9H14S.C9H14.C8H14N2.2C7H11NO/c1-9(2,3)7-4-8(11)6-10-5-7;1-7-5-6-8(10-7)9(2,3)4;1-7-5-6-10-8(7)9(2,3)4;1-7-5-6-8(10-7)9(2,3)4;1-9(2,3)8-6-4-5-7-8;1-8(2,3)7-5-9-6-10(7)4;1-7(2,3)6-4-8-5-9-6;1-7(2,3)6-8-4-5-9-6/h4-6,11H,1-3H3;3*5-6H,1-4H3;4-6H,7H2,1-3H3;5-6H,1-4H3;2*4-5H,1-3H3. The average molecular weight is 1110 g/mol. The Morgan fingerprint density at radius 3 is 1.42 bits per heavy atom. The van der Waals surface area contributed by atoms with Crippen LogP contribution in [0.4, 0.5) is 0 Å². The summed E-state index contributed by atoms with van der Waals surface area (Å²) in [4.78, 5) is 20.2. The average Bonchev–Trinajstić information content (AvgIpc) is 4.13. The molecular formula is C67H105N5O4S2. The number of oxazole rings is 2. The van der Waals surface area contributed by atoms with Crippen LogP contribution in [0.3, 0.4) is 0 Å². The van der Waals surface area contributed by atoms with Gasteiger partial charge in [-0.25, -0.2) is 15.0 Å². The molecule has 8 rings (SSSR count). The molecule has 1 aliphatic carbocycles. The van der Waals surface area contributed by atoms with Gasteiger partial charge in [-0.1, -0.05) is 190 Å². The Kier molecular flexibility index (Phi) is 27.0. The summed E-state index contributed by atoms with van der Waals surface area (Å²) in [6.45, 7) is 58.3. The first-order valence-electron chi connectivity index (χ1n) is 27.3. The highest BCUT2D eigenvalue weighted by Crippen LogP contribution is 2.32. The van der Waals surface area contributed by atoms with Gasteiger partial charge in [0.1, 0.15) is 29.3 Å². The summed E-state index contributed by atoms with van der Waals surface area (Å²) in [6.07, 6.45) is 21.2. The van der Waals surface area contributed by atoms with Gasteiger partial charge in [-0.3, -0.25) is 4.98 Å². The molecule has 0 aliphatic heterocycles. The quantitative estimate of drug-likeness (QED) is 0.160. The number of aromatic hydroxyl groups is 1. The molecule has 7 aromatic heterocycles. The molecule has 434 valence electrons. The lowest BCUT2D eigenvalue weighted by molar-refractivity contribution is 0.392. The highest BCUT2D eigenvalue weighted by Gasteiger charge is 2.21. The first-order chi connectivity index (χ1) is 35.3. The van der Waals surface area contributed by atoms with Gasteiger partial charge in [0.15, 0.2) is 12.3 Å². The number of aryl methyl sites for hydroxylation is 4. The molecule has 0 aromatic carbocycles. The predicted octanol–water partition coefficient (Wildman–Crippen LogP) is 20.3. The lowest BCUT2D eigenvalue weighted by Crippen LogP contribution is -2.15. The van der Waals surface area contributed by atoms with E-state index in [1.54, 1.807) is 36.5 Å². The van der Waals surface area contributed by atoms with Crippen molar-refractivity contribution in [1.82, 2.24) is 24.5 Å². The molecule has 0 saturated heterocycles. The van der Waals surface area contributed by atoms with Gasteiger partial charge in [-0.05, 0) is 102 Å². The Balaban J connectivity index is 0.000000446. The van der Waals surface area contributed by atoms with Crippen LogP contribution >= 0.6 is 22.7 Å². The summed E-state index contributed by atoms with van der Waals surface area (Å²) in [5.74, 6) is 4.01. The third-order valence-corrected chi connectivity index (χ3v) is 14.5. The van der Waals surface area contributed by atoms with E-state index in [9.17, 15) is 0 Å². The maximum Gasteiger partial charge on any atom is 0.199 e. The molecule has 7 heterocycles. The van der Waals surface area contributed by atoms with Crippen molar-refractivity contribution < 1.29 is 18.4 Å². The molecule has 11 heteroatoms. The lowest BCUT2D eigenvalue weighted by Gasteiger charge is -2.19. The zero-order valence-corrected chi connectivity index (χ0v) is 55.5. The minimum Gasteiger partial charge on any atom is -0.506 e. The molecule has 78 heavy (non-hydrogen) atoms. The van der Waals surface area contributed by atoms with E-state index < -0.39 is 0 Å². The number of furan rings is 1. The second-order valence-corrected chi connectivity index (χ2v) is 30.3.